The van der Waals surface area contributed by atoms with E-state index in [0.717, 1.165) is 51.9 Å². The summed E-state index contributed by atoms with van der Waals surface area (Å²) in [4.78, 5) is 34.7. The maximum atomic E-state index is 14.0. The maximum absolute atomic E-state index is 14.0. The first-order valence-corrected chi connectivity index (χ1v) is 14.7. The molecule has 8 heteroatoms. The molecule has 1 amide bonds. The molecule has 0 aliphatic carbocycles. The average molecular weight is 539 g/mol. The van der Waals surface area contributed by atoms with Crippen molar-refractivity contribution in [2.45, 2.75) is 62.3 Å². The highest BCUT2D eigenvalue weighted by molar-refractivity contribution is 8.00. The smallest absolute Gasteiger partial charge is 0.266 e. The van der Waals surface area contributed by atoms with Gasteiger partial charge in [0.15, 0.2) is 5.16 Å². The van der Waals surface area contributed by atoms with Crippen LogP contribution in [0.2, 0.25) is 5.02 Å². The molecule has 1 spiro atoms. The fourth-order valence-corrected chi connectivity index (χ4v) is 7.18. The second kappa shape index (κ2) is 11.6. The molecular weight excluding hydrogens is 504 g/mol. The zero-order chi connectivity index (χ0) is 25.8. The van der Waals surface area contributed by atoms with Crippen LogP contribution in [0.3, 0.4) is 0 Å². The number of hydrogen-bond acceptors (Lipinski definition) is 5. The standard InChI is InChI=1S/C29H35ClN4O2S/c1-2-3-13-25(27(36)33-17-8-15-29(20-33)14-7-16-31-19-29)37-28-32-24-12-5-4-11-23(24)26(35)34(28)22-10-6-9-21(30)18-22/h4-6,9-12,18,25,31H,2-3,7-8,13-17,19-20H2,1H3/t25-,29+/m1/s1. The van der Waals surface area contributed by atoms with Gasteiger partial charge in [0.05, 0.1) is 21.8 Å². The van der Waals surface area contributed by atoms with Crippen LogP contribution >= 0.6 is 23.4 Å². The number of hydrogen-bond donors (Lipinski definition) is 1. The van der Waals surface area contributed by atoms with E-state index in [1.165, 1.54) is 31.0 Å². The van der Waals surface area contributed by atoms with Crippen LogP contribution in [0.1, 0.15) is 51.9 Å². The van der Waals surface area contributed by atoms with Crippen LogP contribution in [-0.4, -0.2) is 51.8 Å². The fourth-order valence-electron chi connectivity index (χ4n) is 5.76. The average Bonchev–Trinajstić information content (AvgIpc) is 2.91. The molecule has 5 rings (SSSR count). The zero-order valence-corrected chi connectivity index (χ0v) is 23.0. The Balaban J connectivity index is 1.51. The van der Waals surface area contributed by atoms with Gasteiger partial charge in [0.2, 0.25) is 5.91 Å². The van der Waals surface area contributed by atoms with Gasteiger partial charge in [-0.25, -0.2) is 4.98 Å². The van der Waals surface area contributed by atoms with Crippen LogP contribution in [0.25, 0.3) is 16.6 Å². The SMILES string of the molecule is CCCC[C@@H](Sc1nc2ccccc2c(=O)n1-c1cccc(Cl)c1)C(=O)N1CCC[C@]2(CCCNC2)C1. The molecule has 2 atom stereocenters. The molecule has 0 radical (unpaired) electrons. The number of aromatic nitrogens is 2. The monoisotopic (exact) mass is 538 g/mol. The second-order valence-corrected chi connectivity index (χ2v) is 12.0. The molecule has 3 heterocycles. The molecule has 1 N–H and O–H groups in total. The van der Waals surface area contributed by atoms with Crippen LogP contribution in [0, 0.1) is 5.41 Å². The molecular formula is C29H35ClN4O2S. The summed E-state index contributed by atoms with van der Waals surface area (Å²) in [5, 5.41) is 4.89. The van der Waals surface area contributed by atoms with E-state index in [1.807, 2.05) is 30.3 Å². The molecule has 0 unspecified atom stereocenters. The van der Waals surface area contributed by atoms with Crippen LogP contribution < -0.4 is 10.9 Å². The summed E-state index contributed by atoms with van der Waals surface area (Å²) in [6.45, 7) is 5.82. The lowest BCUT2D eigenvalue weighted by molar-refractivity contribution is -0.134. The number of nitrogens with zero attached hydrogens (tertiary/aromatic N) is 3. The number of piperidine rings is 2. The van der Waals surface area contributed by atoms with Crippen molar-refractivity contribution in [1.29, 1.82) is 0 Å². The van der Waals surface area contributed by atoms with E-state index in [1.54, 1.807) is 22.8 Å². The Morgan fingerprint density at radius 1 is 1.19 bits per heavy atom. The summed E-state index contributed by atoms with van der Waals surface area (Å²) >= 11 is 7.73. The number of carbonyl (C=O) groups excluding carboxylic acids is 1. The van der Waals surface area contributed by atoms with Gasteiger partial charge in [-0.3, -0.25) is 14.2 Å². The Hall–Kier alpha value is -2.35. The Labute approximate surface area is 227 Å². The van der Waals surface area contributed by atoms with Gasteiger partial charge in [-0.15, -0.1) is 0 Å². The van der Waals surface area contributed by atoms with Gasteiger partial charge in [-0.05, 0) is 69.0 Å². The Morgan fingerprint density at radius 3 is 2.81 bits per heavy atom. The molecule has 2 aromatic carbocycles. The quantitative estimate of drug-likeness (QED) is 0.309. The molecule has 0 bridgehead atoms. The van der Waals surface area contributed by atoms with Gasteiger partial charge in [-0.2, -0.15) is 0 Å². The number of para-hydroxylation sites is 1. The predicted molar refractivity (Wildman–Crippen MR) is 152 cm³/mol. The highest BCUT2D eigenvalue weighted by Crippen LogP contribution is 2.38. The lowest BCUT2D eigenvalue weighted by Gasteiger charge is -2.46. The molecule has 0 saturated carbocycles. The molecule has 2 aliphatic heterocycles. The number of unbranched alkanes of at least 4 members (excludes halogenated alkanes) is 1. The lowest BCUT2D eigenvalue weighted by Crippen LogP contribution is -2.54. The second-order valence-electron chi connectivity index (χ2n) is 10.4. The van der Waals surface area contributed by atoms with Crippen molar-refractivity contribution in [3.63, 3.8) is 0 Å². The van der Waals surface area contributed by atoms with E-state index in [4.69, 9.17) is 16.6 Å². The third-order valence-electron chi connectivity index (χ3n) is 7.69. The van der Waals surface area contributed by atoms with E-state index in [2.05, 4.69) is 17.1 Å². The van der Waals surface area contributed by atoms with Gasteiger partial charge in [0.1, 0.15) is 0 Å². The topological polar surface area (TPSA) is 67.2 Å². The summed E-state index contributed by atoms with van der Waals surface area (Å²) in [5.41, 5.74) is 1.34. The number of benzene rings is 2. The molecule has 3 aromatic rings. The highest BCUT2D eigenvalue weighted by Gasteiger charge is 2.39. The summed E-state index contributed by atoms with van der Waals surface area (Å²) in [6.07, 6.45) is 7.26. The Bertz CT molecular complexity index is 1320. The van der Waals surface area contributed by atoms with Crippen LogP contribution in [0.15, 0.2) is 58.5 Å². The maximum Gasteiger partial charge on any atom is 0.266 e. The van der Waals surface area contributed by atoms with Crippen molar-refractivity contribution in [3.8, 4) is 5.69 Å². The first kappa shape index (κ1) is 26.3. The third kappa shape index (κ3) is 5.74. The van der Waals surface area contributed by atoms with Gasteiger partial charge < -0.3 is 10.2 Å². The molecule has 2 saturated heterocycles. The Morgan fingerprint density at radius 2 is 2.03 bits per heavy atom. The molecule has 1 aromatic heterocycles. The normalized spacial score (nSPS) is 20.9. The summed E-state index contributed by atoms with van der Waals surface area (Å²) in [6, 6.07) is 14.6. The number of fused-ring (bicyclic) bond motifs is 1. The minimum absolute atomic E-state index is 0.151. The van der Waals surface area contributed by atoms with E-state index in [0.29, 0.717) is 26.8 Å². The number of thioether (sulfide) groups is 1. The number of rotatable bonds is 7. The number of nitrogens with one attached hydrogen (secondary N) is 1. The predicted octanol–water partition coefficient (Wildman–Crippen LogP) is 5.68. The van der Waals surface area contributed by atoms with Gasteiger partial charge in [0.25, 0.3) is 5.56 Å². The summed E-state index contributed by atoms with van der Waals surface area (Å²) in [5.74, 6) is 0.170. The van der Waals surface area contributed by atoms with Crippen LogP contribution in [0.5, 0.6) is 0 Å². The number of halogens is 1. The minimum atomic E-state index is -0.301. The molecule has 37 heavy (non-hydrogen) atoms. The van der Waals surface area contributed by atoms with E-state index < -0.39 is 0 Å². The fraction of sp³-hybridized carbons (Fsp3) is 0.483. The highest BCUT2D eigenvalue weighted by atomic mass is 35.5. The van der Waals surface area contributed by atoms with Crippen LogP contribution in [0.4, 0.5) is 0 Å². The summed E-state index contributed by atoms with van der Waals surface area (Å²) < 4.78 is 1.62. The van der Waals surface area contributed by atoms with E-state index in [9.17, 15) is 9.59 Å². The first-order valence-electron chi connectivity index (χ1n) is 13.4. The number of carbonyl (C=O) groups is 1. The van der Waals surface area contributed by atoms with Crippen molar-refractivity contribution < 1.29 is 4.79 Å². The van der Waals surface area contributed by atoms with Crippen molar-refractivity contribution in [3.05, 3.63) is 63.9 Å². The van der Waals surface area contributed by atoms with Gasteiger partial charge >= 0.3 is 0 Å². The van der Waals surface area contributed by atoms with Crippen molar-refractivity contribution in [2.75, 3.05) is 26.2 Å². The molecule has 2 aliphatic rings. The van der Waals surface area contributed by atoms with Crippen LogP contribution in [-0.2, 0) is 4.79 Å². The van der Waals surface area contributed by atoms with Gasteiger partial charge in [0, 0.05) is 30.1 Å². The number of likely N-dealkylation sites (tertiary alicyclic amines) is 1. The van der Waals surface area contributed by atoms with Gasteiger partial charge in [-0.1, -0.05) is 61.3 Å². The lowest BCUT2D eigenvalue weighted by atomic mass is 9.74. The Kier molecular flexibility index (Phi) is 8.22. The van der Waals surface area contributed by atoms with Crippen molar-refractivity contribution in [1.82, 2.24) is 19.8 Å². The largest absolute Gasteiger partial charge is 0.341 e. The zero-order valence-electron chi connectivity index (χ0n) is 21.4. The van der Waals surface area contributed by atoms with Crippen molar-refractivity contribution in [2.24, 2.45) is 5.41 Å². The molecule has 2 fully saturated rings. The summed E-state index contributed by atoms with van der Waals surface area (Å²) in [7, 11) is 0. The molecule has 6 nitrogen and oxygen atoms in total. The van der Waals surface area contributed by atoms with Crippen molar-refractivity contribution >= 4 is 40.2 Å². The third-order valence-corrected chi connectivity index (χ3v) is 9.13. The minimum Gasteiger partial charge on any atom is -0.341 e. The van der Waals surface area contributed by atoms with E-state index >= 15 is 0 Å². The van der Waals surface area contributed by atoms with E-state index in [-0.39, 0.29) is 22.1 Å². The number of amides is 1. The molecule has 196 valence electrons. The first-order chi connectivity index (χ1) is 18.0.